The number of rotatable bonds is 7. The highest BCUT2D eigenvalue weighted by Crippen LogP contribution is 2.02. The van der Waals surface area contributed by atoms with Gasteiger partial charge in [0, 0.05) is 13.0 Å². The van der Waals surface area contributed by atoms with Gasteiger partial charge in [-0.15, -0.1) is 0 Å². The van der Waals surface area contributed by atoms with Crippen LogP contribution >= 0.6 is 0 Å². The van der Waals surface area contributed by atoms with Crippen LogP contribution in [0.5, 0.6) is 0 Å². The van der Waals surface area contributed by atoms with Crippen molar-refractivity contribution in [3.63, 3.8) is 0 Å². The molecule has 1 heterocycles. The van der Waals surface area contributed by atoms with Gasteiger partial charge >= 0.3 is 0 Å². The first-order valence-electron chi connectivity index (χ1n) is 4.96. The van der Waals surface area contributed by atoms with Crippen LogP contribution in [-0.2, 0) is 17.8 Å². The third-order valence-electron chi connectivity index (χ3n) is 1.75. The molecule has 0 fully saturated rings. The van der Waals surface area contributed by atoms with E-state index in [1.807, 2.05) is 0 Å². The maximum atomic E-state index is 5.27. The highest BCUT2D eigenvalue weighted by Gasteiger charge is 2.04. The standard InChI is InChI=1S/C9H17N3O2/c1-2-3-4-8-11-9(14-12-8)7-13-6-5-10/h2-7,10H2,1H3. The van der Waals surface area contributed by atoms with Gasteiger partial charge in [0.15, 0.2) is 5.82 Å². The smallest absolute Gasteiger partial charge is 0.252 e. The molecule has 0 radical (unpaired) electrons. The molecule has 0 aromatic carbocycles. The van der Waals surface area contributed by atoms with E-state index in [2.05, 4.69) is 17.1 Å². The second-order valence-corrected chi connectivity index (χ2v) is 3.05. The molecule has 5 heteroatoms. The van der Waals surface area contributed by atoms with Crippen LogP contribution in [0.4, 0.5) is 0 Å². The van der Waals surface area contributed by atoms with Gasteiger partial charge in [0.2, 0.25) is 0 Å². The van der Waals surface area contributed by atoms with Crippen LogP contribution in [0.15, 0.2) is 4.52 Å². The molecule has 0 saturated carbocycles. The number of nitrogens with two attached hydrogens (primary N) is 1. The zero-order chi connectivity index (χ0) is 10.2. The fourth-order valence-corrected chi connectivity index (χ4v) is 1.03. The first-order valence-corrected chi connectivity index (χ1v) is 4.96. The number of hydrogen-bond donors (Lipinski definition) is 1. The van der Waals surface area contributed by atoms with Gasteiger partial charge in [-0.05, 0) is 6.42 Å². The zero-order valence-electron chi connectivity index (χ0n) is 8.53. The molecule has 1 rings (SSSR count). The Morgan fingerprint density at radius 1 is 1.50 bits per heavy atom. The topological polar surface area (TPSA) is 74.2 Å². The number of unbranched alkanes of at least 4 members (excludes halogenated alkanes) is 1. The zero-order valence-corrected chi connectivity index (χ0v) is 8.53. The van der Waals surface area contributed by atoms with E-state index in [0.29, 0.717) is 25.6 Å². The van der Waals surface area contributed by atoms with Crippen LogP contribution in [0.2, 0.25) is 0 Å². The Balaban J connectivity index is 2.27. The summed E-state index contributed by atoms with van der Waals surface area (Å²) in [5, 5.41) is 3.84. The summed E-state index contributed by atoms with van der Waals surface area (Å²) in [5.74, 6) is 1.29. The Hall–Kier alpha value is -0.940. The van der Waals surface area contributed by atoms with Crippen LogP contribution in [0, 0.1) is 0 Å². The lowest BCUT2D eigenvalue weighted by molar-refractivity contribution is 0.104. The lowest BCUT2D eigenvalue weighted by atomic mass is 10.2. The Morgan fingerprint density at radius 2 is 2.36 bits per heavy atom. The van der Waals surface area contributed by atoms with E-state index in [-0.39, 0.29) is 0 Å². The molecule has 0 aliphatic carbocycles. The number of nitrogens with zero attached hydrogens (tertiary/aromatic N) is 2. The molecule has 5 nitrogen and oxygen atoms in total. The van der Waals surface area contributed by atoms with Gasteiger partial charge in [0.05, 0.1) is 6.61 Å². The molecule has 0 aliphatic rings. The highest BCUT2D eigenvalue weighted by molar-refractivity contribution is 4.84. The van der Waals surface area contributed by atoms with Gasteiger partial charge in [0.25, 0.3) is 5.89 Å². The molecule has 0 aliphatic heterocycles. The number of aryl methyl sites for hydroxylation is 1. The van der Waals surface area contributed by atoms with Crippen molar-refractivity contribution in [3.8, 4) is 0 Å². The van der Waals surface area contributed by atoms with E-state index in [1.54, 1.807) is 0 Å². The minimum atomic E-state index is 0.357. The monoisotopic (exact) mass is 199 g/mol. The molecular formula is C9H17N3O2. The average Bonchev–Trinajstić information content (AvgIpc) is 2.63. The van der Waals surface area contributed by atoms with Crippen molar-refractivity contribution in [2.75, 3.05) is 13.2 Å². The molecular weight excluding hydrogens is 182 g/mol. The van der Waals surface area contributed by atoms with E-state index >= 15 is 0 Å². The van der Waals surface area contributed by atoms with Crippen molar-refractivity contribution in [2.24, 2.45) is 5.73 Å². The van der Waals surface area contributed by atoms with Gasteiger partial charge in [-0.3, -0.25) is 0 Å². The molecule has 0 bridgehead atoms. The summed E-state index contributed by atoms with van der Waals surface area (Å²) in [7, 11) is 0. The molecule has 14 heavy (non-hydrogen) atoms. The summed E-state index contributed by atoms with van der Waals surface area (Å²) in [6.45, 7) is 3.52. The van der Waals surface area contributed by atoms with Gasteiger partial charge in [-0.1, -0.05) is 18.5 Å². The maximum absolute atomic E-state index is 5.27. The summed E-state index contributed by atoms with van der Waals surface area (Å²) in [6.07, 6.45) is 3.09. The van der Waals surface area contributed by atoms with Crippen molar-refractivity contribution >= 4 is 0 Å². The number of hydrogen-bond acceptors (Lipinski definition) is 5. The normalized spacial score (nSPS) is 10.7. The number of aromatic nitrogens is 2. The fraction of sp³-hybridized carbons (Fsp3) is 0.778. The third kappa shape index (κ3) is 3.85. The van der Waals surface area contributed by atoms with Crippen molar-refractivity contribution in [1.82, 2.24) is 10.1 Å². The highest BCUT2D eigenvalue weighted by atomic mass is 16.5. The van der Waals surface area contributed by atoms with Crippen molar-refractivity contribution in [3.05, 3.63) is 11.7 Å². The van der Waals surface area contributed by atoms with Crippen molar-refractivity contribution in [2.45, 2.75) is 32.8 Å². The Labute approximate surface area is 83.6 Å². The van der Waals surface area contributed by atoms with E-state index < -0.39 is 0 Å². The first-order chi connectivity index (χ1) is 6.86. The van der Waals surface area contributed by atoms with Crippen LogP contribution in [-0.4, -0.2) is 23.3 Å². The number of ether oxygens (including phenoxy) is 1. The molecule has 1 aromatic heterocycles. The summed E-state index contributed by atoms with van der Waals surface area (Å²) in [5.41, 5.74) is 5.27. The molecule has 2 N–H and O–H groups in total. The van der Waals surface area contributed by atoms with Crippen LogP contribution in [0.3, 0.4) is 0 Å². The molecule has 80 valence electrons. The lowest BCUT2D eigenvalue weighted by Gasteiger charge is -1.95. The first kappa shape index (κ1) is 11.1. The molecule has 0 amide bonds. The second-order valence-electron chi connectivity index (χ2n) is 3.05. The van der Waals surface area contributed by atoms with Crippen LogP contribution in [0.25, 0.3) is 0 Å². The van der Waals surface area contributed by atoms with Gasteiger partial charge in [-0.2, -0.15) is 4.98 Å². The van der Waals surface area contributed by atoms with Crippen LogP contribution < -0.4 is 5.73 Å². The SMILES string of the molecule is CCCCc1noc(COCCN)n1. The predicted molar refractivity (Wildman–Crippen MR) is 51.6 cm³/mol. The summed E-state index contributed by atoms with van der Waals surface area (Å²) in [6, 6.07) is 0. The molecule has 1 aromatic rings. The minimum Gasteiger partial charge on any atom is -0.370 e. The summed E-state index contributed by atoms with van der Waals surface area (Å²) >= 11 is 0. The van der Waals surface area contributed by atoms with Crippen molar-refractivity contribution in [1.29, 1.82) is 0 Å². The second kappa shape index (κ2) is 6.50. The van der Waals surface area contributed by atoms with Crippen molar-refractivity contribution < 1.29 is 9.26 Å². The fourth-order valence-electron chi connectivity index (χ4n) is 1.03. The van der Waals surface area contributed by atoms with E-state index in [0.717, 1.165) is 25.1 Å². The third-order valence-corrected chi connectivity index (χ3v) is 1.75. The minimum absolute atomic E-state index is 0.357. The molecule has 0 saturated heterocycles. The summed E-state index contributed by atoms with van der Waals surface area (Å²) < 4.78 is 10.1. The Kier molecular flexibility index (Phi) is 5.17. The van der Waals surface area contributed by atoms with E-state index in [1.165, 1.54) is 0 Å². The van der Waals surface area contributed by atoms with E-state index in [4.69, 9.17) is 15.0 Å². The Bertz CT molecular complexity index is 250. The van der Waals surface area contributed by atoms with Crippen LogP contribution in [0.1, 0.15) is 31.5 Å². The maximum Gasteiger partial charge on any atom is 0.252 e. The Morgan fingerprint density at radius 3 is 3.07 bits per heavy atom. The van der Waals surface area contributed by atoms with E-state index in [9.17, 15) is 0 Å². The largest absolute Gasteiger partial charge is 0.370 e. The molecule has 0 spiro atoms. The summed E-state index contributed by atoms with van der Waals surface area (Å²) in [4.78, 5) is 4.18. The average molecular weight is 199 g/mol. The van der Waals surface area contributed by atoms with Gasteiger partial charge in [-0.25, -0.2) is 0 Å². The molecule has 0 atom stereocenters. The predicted octanol–water partition coefficient (Wildman–Crippen LogP) is 0.887. The lowest BCUT2D eigenvalue weighted by Crippen LogP contribution is -2.08. The van der Waals surface area contributed by atoms with Gasteiger partial charge in [0.1, 0.15) is 6.61 Å². The molecule has 0 unspecified atom stereocenters. The van der Waals surface area contributed by atoms with Gasteiger partial charge < -0.3 is 15.0 Å². The quantitative estimate of drug-likeness (QED) is 0.660.